The normalized spacial score (nSPS) is 13.1. The number of hydrogen-bond donors (Lipinski definition) is 1. The summed E-state index contributed by atoms with van der Waals surface area (Å²) in [6.45, 7) is 4.56. The Morgan fingerprint density at radius 1 is 1.14 bits per heavy atom. The molecular weight excluding hydrogens is 498 g/mol. The van der Waals surface area contributed by atoms with Gasteiger partial charge in [0.15, 0.2) is 11.5 Å². The Morgan fingerprint density at radius 3 is 2.59 bits per heavy atom. The van der Waals surface area contributed by atoms with E-state index >= 15 is 0 Å². The summed E-state index contributed by atoms with van der Waals surface area (Å²) in [5.74, 6) is 1.19. The zero-order valence-corrected chi connectivity index (χ0v) is 22.5. The summed E-state index contributed by atoms with van der Waals surface area (Å²) < 4.78 is 42.3. The number of nitrogens with zero attached hydrogens (tertiary/aromatic N) is 2. The molecule has 2 amide bonds. The van der Waals surface area contributed by atoms with Gasteiger partial charge in [0.2, 0.25) is 28.6 Å². The maximum absolute atomic E-state index is 13.4. The van der Waals surface area contributed by atoms with E-state index in [-0.39, 0.29) is 44.5 Å². The van der Waals surface area contributed by atoms with Crippen LogP contribution in [0.4, 0.5) is 5.69 Å². The van der Waals surface area contributed by atoms with Crippen molar-refractivity contribution in [3.63, 3.8) is 0 Å². The van der Waals surface area contributed by atoms with E-state index in [2.05, 4.69) is 5.32 Å². The number of amides is 2. The molecule has 1 N–H and O–H groups in total. The second kappa shape index (κ2) is 12.7. The quantitative estimate of drug-likeness (QED) is 0.421. The molecule has 10 nitrogen and oxygen atoms in total. The van der Waals surface area contributed by atoms with Crippen molar-refractivity contribution in [1.82, 2.24) is 10.2 Å². The van der Waals surface area contributed by atoms with Gasteiger partial charge in [0.05, 0.1) is 19.1 Å². The number of benzene rings is 2. The molecule has 0 aromatic heterocycles. The van der Waals surface area contributed by atoms with Crippen LogP contribution in [-0.2, 0) is 26.2 Å². The average Bonchev–Trinajstić information content (AvgIpc) is 3.35. The van der Waals surface area contributed by atoms with Crippen LogP contribution in [0.25, 0.3) is 0 Å². The van der Waals surface area contributed by atoms with Crippen LogP contribution >= 0.6 is 0 Å². The fourth-order valence-electron chi connectivity index (χ4n) is 3.99. The number of anilines is 1. The van der Waals surface area contributed by atoms with Gasteiger partial charge in [-0.25, -0.2) is 8.42 Å². The van der Waals surface area contributed by atoms with Gasteiger partial charge in [-0.2, -0.15) is 0 Å². The van der Waals surface area contributed by atoms with Crippen molar-refractivity contribution < 1.29 is 32.2 Å². The molecular formula is C26H35N3O7S. The summed E-state index contributed by atoms with van der Waals surface area (Å²) in [6, 6.07) is 11.5. The molecule has 3 rings (SSSR count). The molecule has 1 aliphatic heterocycles. The van der Waals surface area contributed by atoms with Crippen LogP contribution in [0.1, 0.15) is 38.7 Å². The van der Waals surface area contributed by atoms with Crippen LogP contribution in [0.15, 0.2) is 42.5 Å². The molecule has 0 radical (unpaired) electrons. The first kappa shape index (κ1) is 28.1. The van der Waals surface area contributed by atoms with Crippen LogP contribution in [0.3, 0.4) is 0 Å². The van der Waals surface area contributed by atoms with Crippen molar-refractivity contribution in [2.75, 3.05) is 37.6 Å². The Kier molecular flexibility index (Phi) is 9.62. The van der Waals surface area contributed by atoms with Gasteiger partial charge in [-0.1, -0.05) is 19.1 Å². The van der Waals surface area contributed by atoms with Gasteiger partial charge < -0.3 is 24.4 Å². The highest BCUT2D eigenvalue weighted by Crippen LogP contribution is 2.36. The second-order valence-electron chi connectivity index (χ2n) is 8.82. The van der Waals surface area contributed by atoms with E-state index in [0.29, 0.717) is 29.5 Å². The Morgan fingerprint density at radius 2 is 1.89 bits per heavy atom. The maximum Gasteiger partial charge on any atom is 0.242 e. The van der Waals surface area contributed by atoms with Gasteiger partial charge in [-0.05, 0) is 49.6 Å². The molecule has 1 aliphatic rings. The summed E-state index contributed by atoms with van der Waals surface area (Å²) >= 11 is 0. The molecule has 2 aromatic carbocycles. The number of nitrogens with one attached hydrogen (secondary N) is 1. The molecule has 0 bridgehead atoms. The predicted octanol–water partition coefficient (Wildman–Crippen LogP) is 2.91. The van der Waals surface area contributed by atoms with Crippen molar-refractivity contribution in [1.29, 1.82) is 0 Å². The molecule has 2 aromatic rings. The van der Waals surface area contributed by atoms with E-state index in [0.717, 1.165) is 18.2 Å². The van der Waals surface area contributed by atoms with E-state index in [9.17, 15) is 18.0 Å². The van der Waals surface area contributed by atoms with Crippen LogP contribution in [0.5, 0.6) is 17.2 Å². The monoisotopic (exact) mass is 533 g/mol. The third kappa shape index (κ3) is 7.51. The number of hydrogen-bond acceptors (Lipinski definition) is 7. The predicted molar refractivity (Wildman–Crippen MR) is 140 cm³/mol. The average molecular weight is 534 g/mol. The molecule has 0 aliphatic carbocycles. The molecule has 202 valence electrons. The number of ether oxygens (including phenoxy) is 3. The van der Waals surface area contributed by atoms with Crippen molar-refractivity contribution in [3.05, 3.63) is 48.0 Å². The Labute approximate surface area is 218 Å². The van der Waals surface area contributed by atoms with E-state index < -0.39 is 16.1 Å². The van der Waals surface area contributed by atoms with Crippen molar-refractivity contribution in [3.8, 4) is 17.2 Å². The van der Waals surface area contributed by atoms with Crippen LogP contribution < -0.4 is 23.8 Å². The topological polar surface area (TPSA) is 114 Å². The van der Waals surface area contributed by atoms with E-state index in [1.165, 1.54) is 9.21 Å². The third-order valence-corrected chi connectivity index (χ3v) is 7.19. The van der Waals surface area contributed by atoms with Crippen molar-refractivity contribution in [2.45, 2.75) is 45.7 Å². The fraction of sp³-hybridized carbons (Fsp3) is 0.462. The highest BCUT2D eigenvalue weighted by Gasteiger charge is 2.27. The molecule has 37 heavy (non-hydrogen) atoms. The second-order valence-corrected chi connectivity index (χ2v) is 10.7. The van der Waals surface area contributed by atoms with Gasteiger partial charge in [0.1, 0.15) is 11.8 Å². The number of carbonyl (C=O) groups is 2. The smallest absolute Gasteiger partial charge is 0.242 e. The number of rotatable bonds is 13. The van der Waals surface area contributed by atoms with Gasteiger partial charge in [0.25, 0.3) is 0 Å². The molecule has 0 spiro atoms. The molecule has 1 atom stereocenters. The lowest BCUT2D eigenvalue weighted by Crippen LogP contribution is -2.47. The lowest BCUT2D eigenvalue weighted by Gasteiger charge is -2.29. The van der Waals surface area contributed by atoms with E-state index in [1.54, 1.807) is 32.2 Å². The van der Waals surface area contributed by atoms with E-state index in [4.69, 9.17) is 14.2 Å². The first-order chi connectivity index (χ1) is 17.6. The van der Waals surface area contributed by atoms with Crippen LogP contribution in [0, 0.1) is 0 Å². The number of fused-ring (bicyclic) bond motifs is 1. The standard InChI is InChI=1S/C26H35N3O7S/c1-5-13-27-26(31)19(2)28(17-20-8-6-9-22(15-20)34-3)25(30)10-7-14-29(37(4,32)33)21-11-12-23-24(16-21)36-18-35-23/h6,8-9,11-12,15-16,19H,5,7,10,13-14,17-18H2,1-4H3,(H,27,31)/t19-/m0/s1. The molecule has 0 saturated heterocycles. The minimum Gasteiger partial charge on any atom is -0.497 e. The molecule has 11 heteroatoms. The largest absolute Gasteiger partial charge is 0.497 e. The highest BCUT2D eigenvalue weighted by molar-refractivity contribution is 7.92. The lowest BCUT2D eigenvalue weighted by molar-refractivity contribution is -0.140. The minimum absolute atomic E-state index is 0.0614. The van der Waals surface area contributed by atoms with Gasteiger partial charge in [-0.15, -0.1) is 0 Å². The van der Waals surface area contributed by atoms with Gasteiger partial charge in [0, 0.05) is 32.1 Å². The molecule has 0 saturated carbocycles. The molecule has 0 unspecified atom stereocenters. The highest BCUT2D eigenvalue weighted by atomic mass is 32.2. The summed E-state index contributed by atoms with van der Waals surface area (Å²) in [7, 11) is -2.05. The zero-order chi connectivity index (χ0) is 27.0. The third-order valence-electron chi connectivity index (χ3n) is 6.00. The van der Waals surface area contributed by atoms with Crippen molar-refractivity contribution in [2.24, 2.45) is 0 Å². The Balaban J connectivity index is 1.73. The summed E-state index contributed by atoms with van der Waals surface area (Å²) in [4.78, 5) is 27.6. The maximum atomic E-state index is 13.4. The summed E-state index contributed by atoms with van der Waals surface area (Å²) in [6.07, 6.45) is 2.22. The van der Waals surface area contributed by atoms with Crippen LogP contribution in [0.2, 0.25) is 0 Å². The Bertz CT molecular complexity index is 1200. The molecule has 1 heterocycles. The fourth-order valence-corrected chi connectivity index (χ4v) is 4.95. The van der Waals surface area contributed by atoms with E-state index in [1.807, 2.05) is 31.2 Å². The number of methoxy groups -OCH3 is 1. The first-order valence-electron chi connectivity index (χ1n) is 12.2. The zero-order valence-electron chi connectivity index (χ0n) is 21.7. The number of carbonyl (C=O) groups excluding carboxylic acids is 2. The summed E-state index contributed by atoms with van der Waals surface area (Å²) in [5, 5.41) is 2.84. The van der Waals surface area contributed by atoms with Crippen molar-refractivity contribution >= 4 is 27.5 Å². The lowest BCUT2D eigenvalue weighted by atomic mass is 10.1. The first-order valence-corrected chi connectivity index (χ1v) is 14.1. The van der Waals surface area contributed by atoms with Gasteiger partial charge >= 0.3 is 0 Å². The summed E-state index contributed by atoms with van der Waals surface area (Å²) in [5.41, 5.74) is 1.25. The number of sulfonamides is 1. The minimum atomic E-state index is -3.62. The SMILES string of the molecule is CCCNC(=O)[C@H](C)N(Cc1cccc(OC)c1)C(=O)CCCN(c1ccc2c(c1)OCO2)S(C)(=O)=O. The molecule has 0 fully saturated rings. The Hall–Kier alpha value is -3.47. The van der Waals surface area contributed by atoms with Gasteiger partial charge in [-0.3, -0.25) is 13.9 Å². The van der Waals surface area contributed by atoms with Crippen LogP contribution in [-0.4, -0.2) is 64.4 Å².